The first kappa shape index (κ1) is 11.1. The van der Waals surface area contributed by atoms with Crippen LogP contribution in [0.4, 0.5) is 11.6 Å². The molecular weight excluding hydrogens is 218 g/mol. The largest absolute Gasteiger partial charge is 0.384 e. The predicted octanol–water partition coefficient (Wildman–Crippen LogP) is 0.958. The number of carbonyl (C=O) groups excluding carboxylic acids is 1. The van der Waals surface area contributed by atoms with Crippen LogP contribution in [-0.2, 0) is 7.05 Å². The molecule has 0 saturated carbocycles. The molecule has 0 bridgehead atoms. The molecule has 17 heavy (non-hydrogen) atoms. The van der Waals surface area contributed by atoms with Gasteiger partial charge in [0.15, 0.2) is 0 Å². The number of nitrogens with two attached hydrogens (primary N) is 1. The highest BCUT2D eigenvalue weighted by Gasteiger charge is 2.09. The van der Waals surface area contributed by atoms with Gasteiger partial charge in [0.05, 0.1) is 5.69 Å². The van der Waals surface area contributed by atoms with Crippen molar-refractivity contribution in [2.45, 2.75) is 6.92 Å². The second-order valence-corrected chi connectivity index (χ2v) is 3.72. The molecular formula is C11H13N5O. The van der Waals surface area contributed by atoms with Crippen LogP contribution in [0.2, 0.25) is 0 Å². The molecule has 2 rings (SSSR count). The van der Waals surface area contributed by atoms with Crippen molar-refractivity contribution in [2.75, 3.05) is 11.1 Å². The van der Waals surface area contributed by atoms with Crippen LogP contribution in [0.3, 0.4) is 0 Å². The summed E-state index contributed by atoms with van der Waals surface area (Å²) in [5.41, 5.74) is 6.83. The maximum atomic E-state index is 11.9. The summed E-state index contributed by atoms with van der Waals surface area (Å²) in [4.78, 5) is 15.7. The Morgan fingerprint density at radius 2 is 2.24 bits per heavy atom. The van der Waals surface area contributed by atoms with E-state index in [1.807, 2.05) is 6.92 Å². The molecule has 0 aromatic carbocycles. The second kappa shape index (κ2) is 4.25. The van der Waals surface area contributed by atoms with Crippen molar-refractivity contribution >= 4 is 17.5 Å². The zero-order chi connectivity index (χ0) is 12.4. The molecule has 0 aliphatic heterocycles. The molecule has 88 valence electrons. The Kier molecular flexibility index (Phi) is 2.78. The molecule has 2 aromatic rings. The number of hydrogen-bond donors (Lipinski definition) is 2. The Hall–Kier alpha value is -2.37. The topological polar surface area (TPSA) is 85.8 Å². The average Bonchev–Trinajstić information content (AvgIpc) is 2.57. The van der Waals surface area contributed by atoms with Crippen molar-refractivity contribution < 1.29 is 4.79 Å². The molecule has 6 heteroatoms. The molecule has 0 atom stereocenters. The molecule has 3 N–H and O–H groups in total. The smallest absolute Gasteiger partial charge is 0.256 e. The standard InChI is InChI=1S/C11H13N5O/c1-7-5-10(16(2)15-7)14-11(17)8-3-4-13-9(12)6-8/h3-6H,1-2H3,(H2,12,13)(H,14,17). The van der Waals surface area contributed by atoms with Crippen molar-refractivity contribution in [2.24, 2.45) is 7.05 Å². The molecule has 2 heterocycles. The third-order valence-electron chi connectivity index (χ3n) is 2.29. The van der Waals surface area contributed by atoms with E-state index >= 15 is 0 Å². The van der Waals surface area contributed by atoms with Gasteiger partial charge in [-0.25, -0.2) is 4.98 Å². The number of nitrogens with zero attached hydrogens (tertiary/aromatic N) is 3. The van der Waals surface area contributed by atoms with Gasteiger partial charge >= 0.3 is 0 Å². The summed E-state index contributed by atoms with van der Waals surface area (Å²) in [7, 11) is 1.77. The maximum absolute atomic E-state index is 11.9. The van der Waals surface area contributed by atoms with E-state index in [0.717, 1.165) is 5.69 Å². The van der Waals surface area contributed by atoms with Gasteiger partial charge in [-0.3, -0.25) is 9.48 Å². The number of carbonyl (C=O) groups is 1. The molecule has 0 unspecified atom stereocenters. The Balaban J connectivity index is 2.20. The predicted molar refractivity (Wildman–Crippen MR) is 64.5 cm³/mol. The number of aryl methyl sites for hydroxylation is 2. The van der Waals surface area contributed by atoms with E-state index in [4.69, 9.17) is 5.73 Å². The van der Waals surface area contributed by atoms with Gasteiger partial charge in [-0.1, -0.05) is 0 Å². The molecule has 0 aliphatic rings. The summed E-state index contributed by atoms with van der Waals surface area (Å²) in [5.74, 6) is 0.726. The number of pyridine rings is 1. The first-order valence-electron chi connectivity index (χ1n) is 5.10. The van der Waals surface area contributed by atoms with Crippen LogP contribution in [0, 0.1) is 6.92 Å². The minimum Gasteiger partial charge on any atom is -0.384 e. The molecule has 0 saturated heterocycles. The van der Waals surface area contributed by atoms with Crippen molar-refractivity contribution in [3.63, 3.8) is 0 Å². The minimum absolute atomic E-state index is 0.234. The lowest BCUT2D eigenvalue weighted by molar-refractivity contribution is 0.102. The molecule has 0 aliphatic carbocycles. The highest BCUT2D eigenvalue weighted by molar-refractivity contribution is 6.04. The van der Waals surface area contributed by atoms with Gasteiger partial charge in [0.1, 0.15) is 11.6 Å². The maximum Gasteiger partial charge on any atom is 0.256 e. The van der Waals surface area contributed by atoms with Crippen LogP contribution in [0.1, 0.15) is 16.1 Å². The van der Waals surface area contributed by atoms with E-state index in [1.165, 1.54) is 12.3 Å². The van der Waals surface area contributed by atoms with Gasteiger partial charge in [0.2, 0.25) is 0 Å². The Morgan fingerprint density at radius 1 is 1.47 bits per heavy atom. The van der Waals surface area contributed by atoms with Crippen LogP contribution in [-0.4, -0.2) is 20.7 Å². The summed E-state index contributed by atoms with van der Waals surface area (Å²) in [6.45, 7) is 1.86. The van der Waals surface area contributed by atoms with Gasteiger partial charge in [0, 0.05) is 24.9 Å². The number of aromatic nitrogens is 3. The number of nitrogens with one attached hydrogen (secondary N) is 1. The Labute approximate surface area is 98.5 Å². The van der Waals surface area contributed by atoms with Crippen LogP contribution < -0.4 is 11.1 Å². The molecule has 0 fully saturated rings. The lowest BCUT2D eigenvalue weighted by Crippen LogP contribution is -2.14. The molecule has 1 amide bonds. The fourth-order valence-corrected chi connectivity index (χ4v) is 1.51. The molecule has 2 aromatic heterocycles. The minimum atomic E-state index is -0.234. The monoisotopic (exact) mass is 231 g/mol. The lowest BCUT2D eigenvalue weighted by atomic mass is 10.2. The van der Waals surface area contributed by atoms with E-state index in [-0.39, 0.29) is 5.91 Å². The highest BCUT2D eigenvalue weighted by Crippen LogP contribution is 2.11. The van der Waals surface area contributed by atoms with E-state index in [1.54, 1.807) is 23.9 Å². The molecule has 0 radical (unpaired) electrons. The van der Waals surface area contributed by atoms with E-state index < -0.39 is 0 Å². The van der Waals surface area contributed by atoms with E-state index in [9.17, 15) is 4.79 Å². The zero-order valence-corrected chi connectivity index (χ0v) is 9.64. The van der Waals surface area contributed by atoms with Gasteiger partial charge < -0.3 is 11.1 Å². The van der Waals surface area contributed by atoms with Crippen molar-refractivity contribution in [1.29, 1.82) is 0 Å². The summed E-state index contributed by atoms with van der Waals surface area (Å²) in [6, 6.07) is 4.93. The average molecular weight is 231 g/mol. The van der Waals surface area contributed by atoms with Gasteiger partial charge in [-0.15, -0.1) is 0 Å². The van der Waals surface area contributed by atoms with Gasteiger partial charge in [0.25, 0.3) is 5.91 Å². The number of hydrogen-bond acceptors (Lipinski definition) is 4. The van der Waals surface area contributed by atoms with E-state index in [2.05, 4.69) is 15.4 Å². The number of anilines is 2. The molecule has 0 spiro atoms. The third kappa shape index (κ3) is 2.41. The van der Waals surface area contributed by atoms with Crippen LogP contribution in [0.15, 0.2) is 24.4 Å². The number of amides is 1. The quantitative estimate of drug-likeness (QED) is 0.806. The first-order chi connectivity index (χ1) is 8.06. The van der Waals surface area contributed by atoms with Crippen LogP contribution >= 0.6 is 0 Å². The highest BCUT2D eigenvalue weighted by atomic mass is 16.1. The van der Waals surface area contributed by atoms with Crippen LogP contribution in [0.5, 0.6) is 0 Å². The van der Waals surface area contributed by atoms with Gasteiger partial charge in [-0.05, 0) is 19.1 Å². The van der Waals surface area contributed by atoms with E-state index in [0.29, 0.717) is 17.2 Å². The molecule has 6 nitrogen and oxygen atoms in total. The first-order valence-corrected chi connectivity index (χ1v) is 5.10. The second-order valence-electron chi connectivity index (χ2n) is 3.72. The third-order valence-corrected chi connectivity index (χ3v) is 2.29. The lowest BCUT2D eigenvalue weighted by Gasteiger charge is -2.05. The fourth-order valence-electron chi connectivity index (χ4n) is 1.51. The van der Waals surface area contributed by atoms with Crippen molar-refractivity contribution in [3.05, 3.63) is 35.7 Å². The normalized spacial score (nSPS) is 10.2. The SMILES string of the molecule is Cc1cc(NC(=O)c2ccnc(N)c2)n(C)n1. The van der Waals surface area contributed by atoms with Crippen LogP contribution in [0.25, 0.3) is 0 Å². The summed E-state index contributed by atoms with van der Waals surface area (Å²) in [6.07, 6.45) is 1.50. The van der Waals surface area contributed by atoms with Crippen molar-refractivity contribution in [1.82, 2.24) is 14.8 Å². The van der Waals surface area contributed by atoms with Gasteiger partial charge in [-0.2, -0.15) is 5.10 Å². The summed E-state index contributed by atoms with van der Waals surface area (Å²) in [5, 5.41) is 6.89. The number of rotatable bonds is 2. The van der Waals surface area contributed by atoms with Crippen molar-refractivity contribution in [3.8, 4) is 0 Å². The Morgan fingerprint density at radius 3 is 2.82 bits per heavy atom. The summed E-state index contributed by atoms with van der Waals surface area (Å²) < 4.78 is 1.61. The Bertz CT molecular complexity index is 561. The number of nitrogen functional groups attached to an aromatic ring is 1. The summed E-state index contributed by atoms with van der Waals surface area (Å²) >= 11 is 0. The fraction of sp³-hybridized carbons (Fsp3) is 0.182. The zero-order valence-electron chi connectivity index (χ0n) is 9.64.